The molecule has 0 N–H and O–H groups in total. The molecule has 1 aliphatic heterocycles. The number of hydrogen-bond donors (Lipinski definition) is 0. The van der Waals surface area contributed by atoms with Crippen molar-refractivity contribution >= 4 is 15.7 Å². The SMILES string of the molecule is Cc1ccc(CCC2CCc3ccc(F)cc3N2S(=O)(=O)c2ccccc2C)c(F)c1. The lowest BCUT2D eigenvalue weighted by Crippen LogP contribution is -2.44. The highest BCUT2D eigenvalue weighted by atomic mass is 32.2. The Morgan fingerprint density at radius 2 is 1.77 bits per heavy atom. The molecule has 3 aromatic rings. The Labute approximate surface area is 182 Å². The first-order chi connectivity index (χ1) is 14.8. The molecule has 1 heterocycles. The molecule has 6 heteroatoms. The van der Waals surface area contributed by atoms with Gasteiger partial charge in [-0.1, -0.05) is 36.4 Å². The highest BCUT2D eigenvalue weighted by Crippen LogP contribution is 2.38. The number of benzene rings is 3. The van der Waals surface area contributed by atoms with Crippen LogP contribution in [0.5, 0.6) is 0 Å². The first-order valence-corrected chi connectivity index (χ1v) is 11.8. The molecule has 162 valence electrons. The van der Waals surface area contributed by atoms with Crippen LogP contribution in [0.15, 0.2) is 65.6 Å². The maximum absolute atomic E-state index is 14.4. The van der Waals surface area contributed by atoms with Crippen molar-refractivity contribution < 1.29 is 17.2 Å². The van der Waals surface area contributed by atoms with E-state index in [1.54, 1.807) is 43.3 Å². The van der Waals surface area contributed by atoms with Gasteiger partial charge in [0.1, 0.15) is 11.6 Å². The Morgan fingerprint density at radius 1 is 1.00 bits per heavy atom. The van der Waals surface area contributed by atoms with Gasteiger partial charge in [-0.2, -0.15) is 0 Å². The van der Waals surface area contributed by atoms with Crippen LogP contribution in [-0.2, 0) is 22.9 Å². The lowest BCUT2D eigenvalue weighted by molar-refractivity contribution is 0.515. The molecule has 3 nitrogen and oxygen atoms in total. The molecule has 4 rings (SSSR count). The molecule has 0 fully saturated rings. The van der Waals surface area contributed by atoms with E-state index in [1.165, 1.54) is 22.5 Å². The molecule has 0 bridgehead atoms. The zero-order valence-corrected chi connectivity index (χ0v) is 18.4. The smallest absolute Gasteiger partial charge is 0.263 e. The van der Waals surface area contributed by atoms with Gasteiger partial charge in [0.05, 0.1) is 10.6 Å². The Bertz CT molecular complexity index is 1220. The van der Waals surface area contributed by atoms with E-state index in [2.05, 4.69) is 0 Å². The van der Waals surface area contributed by atoms with Gasteiger partial charge in [-0.25, -0.2) is 17.2 Å². The largest absolute Gasteiger partial charge is 0.264 e. The van der Waals surface area contributed by atoms with Crippen molar-refractivity contribution in [1.82, 2.24) is 0 Å². The average molecular weight is 442 g/mol. The Kier molecular flexibility index (Phi) is 5.84. The molecule has 31 heavy (non-hydrogen) atoms. The average Bonchev–Trinajstić information content (AvgIpc) is 2.72. The zero-order valence-electron chi connectivity index (χ0n) is 17.6. The minimum atomic E-state index is -3.92. The number of anilines is 1. The quantitative estimate of drug-likeness (QED) is 0.507. The molecule has 0 aromatic heterocycles. The van der Waals surface area contributed by atoms with Gasteiger partial charge in [-0.05, 0) is 86.1 Å². The number of sulfonamides is 1. The van der Waals surface area contributed by atoms with Gasteiger partial charge in [0.2, 0.25) is 0 Å². The van der Waals surface area contributed by atoms with Crippen molar-refractivity contribution in [3.63, 3.8) is 0 Å². The number of fused-ring (bicyclic) bond motifs is 1. The summed E-state index contributed by atoms with van der Waals surface area (Å²) in [6.07, 6.45) is 2.09. The fourth-order valence-electron chi connectivity index (χ4n) is 4.31. The summed E-state index contributed by atoms with van der Waals surface area (Å²) >= 11 is 0. The summed E-state index contributed by atoms with van der Waals surface area (Å²) in [6.45, 7) is 3.58. The van der Waals surface area contributed by atoms with Crippen molar-refractivity contribution in [2.24, 2.45) is 0 Å². The van der Waals surface area contributed by atoms with Crippen molar-refractivity contribution in [3.8, 4) is 0 Å². The third-order valence-electron chi connectivity index (χ3n) is 5.95. The Balaban J connectivity index is 1.75. The van der Waals surface area contributed by atoms with Crippen LogP contribution in [0.1, 0.15) is 35.1 Å². The Hall–Kier alpha value is -2.73. The Morgan fingerprint density at radius 3 is 2.52 bits per heavy atom. The summed E-state index contributed by atoms with van der Waals surface area (Å²) in [7, 11) is -3.92. The second-order valence-corrected chi connectivity index (χ2v) is 9.95. The highest BCUT2D eigenvalue weighted by molar-refractivity contribution is 7.93. The number of rotatable bonds is 5. The van der Waals surface area contributed by atoms with Crippen LogP contribution >= 0.6 is 0 Å². The number of hydrogen-bond acceptors (Lipinski definition) is 2. The molecule has 3 aromatic carbocycles. The molecule has 0 aliphatic carbocycles. The summed E-state index contributed by atoms with van der Waals surface area (Å²) in [5.41, 5.74) is 3.21. The third-order valence-corrected chi connectivity index (χ3v) is 7.98. The topological polar surface area (TPSA) is 37.4 Å². The van der Waals surface area contributed by atoms with Crippen molar-refractivity contribution in [1.29, 1.82) is 0 Å². The van der Waals surface area contributed by atoms with Gasteiger partial charge in [0.25, 0.3) is 10.0 Å². The molecule has 1 unspecified atom stereocenters. The summed E-state index contributed by atoms with van der Waals surface area (Å²) in [5, 5.41) is 0. The number of halogens is 2. The summed E-state index contributed by atoms with van der Waals surface area (Å²) in [6, 6.07) is 15.8. The normalized spacial score (nSPS) is 16.3. The van der Waals surface area contributed by atoms with Crippen LogP contribution in [0.3, 0.4) is 0 Å². The van der Waals surface area contributed by atoms with Crippen LogP contribution in [0, 0.1) is 25.5 Å². The summed E-state index contributed by atoms with van der Waals surface area (Å²) in [5.74, 6) is -0.760. The van der Waals surface area contributed by atoms with Gasteiger partial charge in [-0.3, -0.25) is 4.31 Å². The monoisotopic (exact) mass is 441 g/mol. The maximum Gasteiger partial charge on any atom is 0.264 e. The molecular formula is C25H25F2NO2S. The maximum atomic E-state index is 14.4. The van der Waals surface area contributed by atoms with E-state index < -0.39 is 15.8 Å². The fraction of sp³-hybridized carbons (Fsp3) is 0.280. The predicted octanol–water partition coefficient (Wildman–Crippen LogP) is 5.72. The van der Waals surface area contributed by atoms with E-state index in [-0.39, 0.29) is 16.8 Å². The fourth-order valence-corrected chi connectivity index (χ4v) is 6.28. The third kappa shape index (κ3) is 4.22. The van der Waals surface area contributed by atoms with Crippen LogP contribution in [0.4, 0.5) is 14.5 Å². The van der Waals surface area contributed by atoms with E-state index in [0.717, 1.165) is 11.1 Å². The van der Waals surface area contributed by atoms with E-state index in [9.17, 15) is 17.2 Å². The van der Waals surface area contributed by atoms with E-state index in [1.807, 2.05) is 13.0 Å². The molecule has 0 saturated carbocycles. The van der Waals surface area contributed by atoms with Crippen molar-refractivity contribution in [2.75, 3.05) is 4.31 Å². The van der Waals surface area contributed by atoms with E-state index in [4.69, 9.17) is 0 Å². The summed E-state index contributed by atoms with van der Waals surface area (Å²) < 4.78 is 57.4. The minimum absolute atomic E-state index is 0.207. The predicted molar refractivity (Wildman–Crippen MR) is 119 cm³/mol. The summed E-state index contributed by atoms with van der Waals surface area (Å²) in [4.78, 5) is 0.207. The molecule has 1 aliphatic rings. The zero-order chi connectivity index (χ0) is 22.2. The lowest BCUT2D eigenvalue weighted by Gasteiger charge is -2.38. The first-order valence-electron chi connectivity index (χ1n) is 10.4. The van der Waals surface area contributed by atoms with Crippen molar-refractivity contribution in [2.45, 2.75) is 50.5 Å². The minimum Gasteiger partial charge on any atom is -0.263 e. The molecule has 0 amide bonds. The van der Waals surface area contributed by atoms with Crippen molar-refractivity contribution in [3.05, 3.63) is 94.6 Å². The first kappa shape index (κ1) is 21.5. The van der Waals surface area contributed by atoms with Crippen LogP contribution in [0.25, 0.3) is 0 Å². The number of aryl methyl sites for hydroxylation is 4. The molecule has 0 spiro atoms. The standard InChI is InChI=1S/C25H25F2NO2S/c1-17-7-8-19(23(27)15-17)10-13-22-14-11-20-9-12-21(26)16-24(20)28(22)31(29,30)25-6-4-3-5-18(25)2/h3-9,12,15-16,22H,10-11,13-14H2,1-2H3. The lowest BCUT2D eigenvalue weighted by atomic mass is 9.93. The van der Waals surface area contributed by atoms with Crippen LogP contribution < -0.4 is 4.31 Å². The molecular weight excluding hydrogens is 416 g/mol. The van der Waals surface area contributed by atoms with Gasteiger partial charge in [0.15, 0.2) is 0 Å². The van der Waals surface area contributed by atoms with Crippen LogP contribution in [-0.4, -0.2) is 14.5 Å². The van der Waals surface area contributed by atoms with Gasteiger partial charge in [0, 0.05) is 6.04 Å². The van der Waals surface area contributed by atoms with Crippen LogP contribution in [0.2, 0.25) is 0 Å². The van der Waals surface area contributed by atoms with Gasteiger partial charge < -0.3 is 0 Å². The van der Waals surface area contributed by atoms with E-state index in [0.29, 0.717) is 42.5 Å². The van der Waals surface area contributed by atoms with Gasteiger partial charge in [-0.15, -0.1) is 0 Å². The molecule has 1 atom stereocenters. The molecule has 0 radical (unpaired) electrons. The van der Waals surface area contributed by atoms with Gasteiger partial charge >= 0.3 is 0 Å². The second-order valence-electron chi connectivity index (χ2n) is 8.17. The van der Waals surface area contributed by atoms with E-state index >= 15 is 0 Å². The molecule has 0 saturated heterocycles. The second kappa shape index (κ2) is 8.42. The highest BCUT2D eigenvalue weighted by Gasteiger charge is 2.36. The number of nitrogens with zero attached hydrogens (tertiary/aromatic N) is 1.